The Balaban J connectivity index is 1.13. The SMILES string of the molecule is N#Cc1ccccc1-c1ccc2c(c1)c1ccccc1n2-c1ccc(-c2ccc[c]([Ge]([c]3ccccc3)([c]3ccccc3)[c]3ccccc3)c2)cc1-c1nc(-c2ccccc2)nc(-c2ccccc2)n1. The Morgan fingerprint density at radius 2 is 0.800 bits per heavy atom. The van der Waals surface area contributed by atoms with E-state index in [1.54, 1.807) is 0 Å². The van der Waals surface area contributed by atoms with Crippen LogP contribution < -0.4 is 17.6 Å². The molecule has 0 bridgehead atoms. The molecule has 0 aliphatic heterocycles. The van der Waals surface area contributed by atoms with Crippen molar-refractivity contribution in [2.45, 2.75) is 0 Å². The van der Waals surface area contributed by atoms with Crippen molar-refractivity contribution in [1.29, 1.82) is 5.26 Å². The number of benzene rings is 10. The van der Waals surface area contributed by atoms with Gasteiger partial charge in [0.15, 0.2) is 0 Å². The van der Waals surface area contributed by atoms with Crippen molar-refractivity contribution >= 4 is 52.7 Å². The number of fused-ring (bicyclic) bond motifs is 3. The van der Waals surface area contributed by atoms with Crippen LogP contribution in [0.3, 0.4) is 0 Å². The molecule has 0 unspecified atom stereocenters. The van der Waals surface area contributed by atoms with E-state index in [-0.39, 0.29) is 0 Å². The number of hydrogen-bond donors (Lipinski definition) is 0. The normalized spacial score (nSPS) is 11.4. The first-order valence-electron chi connectivity index (χ1n) is 23.5. The van der Waals surface area contributed by atoms with E-state index < -0.39 is 13.3 Å². The van der Waals surface area contributed by atoms with Crippen LogP contribution in [0.5, 0.6) is 0 Å². The van der Waals surface area contributed by atoms with E-state index in [0.717, 1.165) is 66.4 Å². The minimum absolute atomic E-state index is 0.566. The van der Waals surface area contributed by atoms with Gasteiger partial charge in [0, 0.05) is 0 Å². The second-order valence-corrected chi connectivity index (χ2v) is 25.4. The summed E-state index contributed by atoms with van der Waals surface area (Å²) in [6.07, 6.45) is 0. The van der Waals surface area contributed by atoms with Crippen LogP contribution in [-0.4, -0.2) is 32.8 Å². The predicted molar refractivity (Wildman–Crippen MR) is 290 cm³/mol. The van der Waals surface area contributed by atoms with E-state index in [1.165, 1.54) is 17.6 Å². The molecule has 12 rings (SSSR count). The zero-order chi connectivity index (χ0) is 46.9. The van der Waals surface area contributed by atoms with E-state index in [4.69, 9.17) is 15.0 Å². The van der Waals surface area contributed by atoms with Crippen molar-refractivity contribution in [3.63, 3.8) is 0 Å². The second kappa shape index (κ2) is 18.3. The fourth-order valence-corrected chi connectivity index (χ4v) is 20.3. The van der Waals surface area contributed by atoms with Crippen molar-refractivity contribution in [3.8, 4) is 68.2 Å². The molecule has 6 heteroatoms. The topological polar surface area (TPSA) is 67.4 Å². The van der Waals surface area contributed by atoms with E-state index in [0.29, 0.717) is 23.0 Å². The van der Waals surface area contributed by atoms with E-state index >= 15 is 0 Å². The molecule has 0 atom stereocenters. The van der Waals surface area contributed by atoms with E-state index in [2.05, 4.69) is 211 Å². The molecule has 2 aromatic heterocycles. The molecule has 12 aromatic rings. The van der Waals surface area contributed by atoms with Crippen LogP contribution in [0.4, 0.5) is 0 Å². The third-order valence-electron chi connectivity index (χ3n) is 13.5. The zero-order valence-electron chi connectivity index (χ0n) is 38.1. The van der Waals surface area contributed by atoms with Gasteiger partial charge in [-0.25, -0.2) is 0 Å². The van der Waals surface area contributed by atoms with Crippen molar-refractivity contribution in [1.82, 2.24) is 19.5 Å². The molecule has 10 aromatic carbocycles. The molecule has 0 spiro atoms. The maximum absolute atomic E-state index is 10.1. The summed E-state index contributed by atoms with van der Waals surface area (Å²) in [4.78, 5) is 15.8. The van der Waals surface area contributed by atoms with Gasteiger partial charge in [0.25, 0.3) is 0 Å². The van der Waals surface area contributed by atoms with Gasteiger partial charge in [-0.1, -0.05) is 30.3 Å². The molecule has 0 aliphatic carbocycles. The van der Waals surface area contributed by atoms with Gasteiger partial charge < -0.3 is 0 Å². The van der Waals surface area contributed by atoms with Crippen LogP contribution in [0.25, 0.3) is 83.9 Å². The molecular formula is C64H43GeN5. The molecule has 0 radical (unpaired) electrons. The Morgan fingerprint density at radius 1 is 0.329 bits per heavy atom. The van der Waals surface area contributed by atoms with Crippen molar-refractivity contribution in [2.75, 3.05) is 0 Å². The van der Waals surface area contributed by atoms with Gasteiger partial charge >= 0.3 is 353 Å². The fraction of sp³-hybridized carbons (Fsp3) is 0. The standard InChI is InChI=1S/C64H43GeN5/c66-44-50-25-16-17-34-55(50)49-38-40-60-57(43-49)56-35-18-19-36-59(56)70(60)61-39-37-48(42-58(61)64-68-62(45-21-6-1-7-22-45)67-63(69-64)46-23-8-2-9-24-46)47-26-20-33-54(41-47)65(51-27-10-3-11-28-51,52-29-12-4-13-30-52)53-31-14-5-15-32-53/h1-43H. The molecule has 0 aliphatic rings. The molecule has 2 heterocycles. The molecule has 0 saturated carbocycles. The summed E-state index contributed by atoms with van der Waals surface area (Å²) < 4.78 is 7.78. The van der Waals surface area contributed by atoms with Crippen molar-refractivity contribution < 1.29 is 0 Å². The molecule has 5 nitrogen and oxygen atoms in total. The Labute approximate surface area is 409 Å². The average molecular weight is 955 g/mol. The summed E-state index contributed by atoms with van der Waals surface area (Å²) in [5.74, 6) is 1.76. The van der Waals surface area contributed by atoms with Gasteiger partial charge in [-0.15, -0.1) is 0 Å². The Morgan fingerprint density at radius 3 is 1.41 bits per heavy atom. The first kappa shape index (κ1) is 42.4. The third kappa shape index (κ3) is 7.48. The zero-order valence-corrected chi connectivity index (χ0v) is 40.2. The van der Waals surface area contributed by atoms with Crippen molar-refractivity contribution in [2.24, 2.45) is 0 Å². The Kier molecular flexibility index (Phi) is 11.1. The van der Waals surface area contributed by atoms with Gasteiger partial charge in [0.2, 0.25) is 0 Å². The van der Waals surface area contributed by atoms with Crippen LogP contribution in [0.1, 0.15) is 5.56 Å². The Bertz CT molecular complexity index is 3730. The number of nitriles is 1. The molecule has 0 fully saturated rings. The first-order valence-corrected chi connectivity index (χ1v) is 27.7. The number of hydrogen-bond acceptors (Lipinski definition) is 4. The summed E-state index contributed by atoms with van der Waals surface area (Å²) in [5, 5.41) is 12.3. The van der Waals surface area contributed by atoms with Gasteiger partial charge in [0.1, 0.15) is 0 Å². The summed E-state index contributed by atoms with van der Waals surface area (Å²) in [6, 6.07) is 94.9. The number of para-hydroxylation sites is 1. The summed E-state index contributed by atoms with van der Waals surface area (Å²) in [6.45, 7) is 0. The third-order valence-corrected chi connectivity index (χ3v) is 23.5. The van der Waals surface area contributed by atoms with Crippen molar-refractivity contribution in [3.05, 3.63) is 266 Å². The number of nitrogens with zero attached hydrogens (tertiary/aromatic N) is 5. The molecule has 70 heavy (non-hydrogen) atoms. The molecule has 0 N–H and O–H groups in total. The van der Waals surface area contributed by atoms with Crippen LogP contribution in [0.2, 0.25) is 0 Å². The minimum atomic E-state index is -3.61. The van der Waals surface area contributed by atoms with Gasteiger partial charge in [0.05, 0.1) is 11.6 Å². The molecule has 328 valence electrons. The average Bonchev–Trinajstić information content (AvgIpc) is 3.78. The maximum atomic E-state index is 10.1. The van der Waals surface area contributed by atoms with Crippen LogP contribution in [0.15, 0.2) is 261 Å². The fourth-order valence-electron chi connectivity index (χ4n) is 10.2. The monoisotopic (exact) mass is 955 g/mol. The Hall–Kier alpha value is -8.96. The number of rotatable bonds is 10. The summed E-state index contributed by atoms with van der Waals surface area (Å²) in [7, 11) is 0. The predicted octanol–water partition coefficient (Wildman–Crippen LogP) is 12.6. The molecular weight excluding hydrogens is 911 g/mol. The summed E-state index contributed by atoms with van der Waals surface area (Å²) >= 11 is -3.61. The first-order chi connectivity index (χ1) is 34.7. The van der Waals surface area contributed by atoms with Gasteiger partial charge in [-0.05, 0) is 11.6 Å². The quantitative estimate of drug-likeness (QED) is 0.128. The van der Waals surface area contributed by atoms with Gasteiger partial charge in [-0.2, -0.15) is 5.26 Å². The second-order valence-electron chi connectivity index (χ2n) is 17.4. The van der Waals surface area contributed by atoms with E-state index in [1.807, 2.05) is 60.7 Å². The van der Waals surface area contributed by atoms with Gasteiger partial charge in [-0.3, -0.25) is 0 Å². The van der Waals surface area contributed by atoms with Crippen LogP contribution in [-0.2, 0) is 0 Å². The van der Waals surface area contributed by atoms with Crippen LogP contribution >= 0.6 is 0 Å². The summed E-state index contributed by atoms with van der Waals surface area (Å²) in [5.41, 5.74) is 10.4. The number of aromatic nitrogens is 4. The molecule has 0 saturated heterocycles. The van der Waals surface area contributed by atoms with E-state index in [9.17, 15) is 5.26 Å². The van der Waals surface area contributed by atoms with Crippen LogP contribution in [0, 0.1) is 11.3 Å². The molecule has 0 amide bonds.